The van der Waals surface area contributed by atoms with Crippen molar-refractivity contribution in [3.8, 4) is 0 Å². The summed E-state index contributed by atoms with van der Waals surface area (Å²) in [6.07, 6.45) is 13.9. The fraction of sp³-hybridized carbons (Fsp3) is 0.867. The van der Waals surface area contributed by atoms with Crippen molar-refractivity contribution in [2.75, 3.05) is 0 Å². The summed E-state index contributed by atoms with van der Waals surface area (Å²) in [6, 6.07) is 0. The Morgan fingerprint density at radius 3 is 2.55 bits per heavy atom. The van der Waals surface area contributed by atoms with E-state index in [9.17, 15) is 9.59 Å². The van der Waals surface area contributed by atoms with Crippen LogP contribution in [0, 0.1) is 46.3 Å². The molecule has 0 aromatic rings. The lowest BCUT2D eigenvalue weighted by molar-refractivity contribution is -0.155. The van der Waals surface area contributed by atoms with Crippen LogP contribution in [0.5, 0.6) is 0 Å². The third kappa shape index (κ3) is 4.47. The van der Waals surface area contributed by atoms with Crippen LogP contribution in [0.25, 0.3) is 0 Å². The third-order valence-corrected chi connectivity index (χ3v) is 10.7. The zero-order chi connectivity index (χ0) is 24.0. The number of rotatable bonds is 7. The normalized spacial score (nSPS) is 41.1. The Labute approximate surface area is 202 Å². The smallest absolute Gasteiger partial charge is 0.306 e. The Hall–Kier alpha value is -1.12. The number of hydrogen-bond donors (Lipinski definition) is 0. The Morgan fingerprint density at radius 2 is 1.85 bits per heavy atom. The van der Waals surface area contributed by atoms with E-state index in [1.807, 2.05) is 13.0 Å². The number of fused-ring (bicyclic) bond motifs is 5. The van der Waals surface area contributed by atoms with Crippen molar-refractivity contribution in [1.82, 2.24) is 0 Å². The van der Waals surface area contributed by atoms with Gasteiger partial charge in [0.05, 0.1) is 0 Å². The van der Waals surface area contributed by atoms with Gasteiger partial charge in [-0.15, -0.1) is 0 Å². The Bertz CT molecular complexity index is 781. The fourth-order valence-electron chi connectivity index (χ4n) is 8.96. The van der Waals surface area contributed by atoms with E-state index >= 15 is 0 Å². The first-order valence-electron chi connectivity index (χ1n) is 14.0. The molecule has 0 bridgehead atoms. The lowest BCUT2D eigenvalue weighted by Gasteiger charge is -2.59. The molecule has 186 valence electrons. The van der Waals surface area contributed by atoms with Crippen molar-refractivity contribution < 1.29 is 14.3 Å². The molecule has 3 saturated carbocycles. The van der Waals surface area contributed by atoms with E-state index in [1.165, 1.54) is 44.9 Å². The summed E-state index contributed by atoms with van der Waals surface area (Å²) >= 11 is 0. The molecule has 0 saturated heterocycles. The molecule has 0 aromatic heterocycles. The van der Waals surface area contributed by atoms with Gasteiger partial charge in [-0.05, 0) is 96.5 Å². The maximum absolute atomic E-state index is 12.4. The topological polar surface area (TPSA) is 43.4 Å². The second kappa shape index (κ2) is 9.50. The van der Waals surface area contributed by atoms with Gasteiger partial charge in [-0.3, -0.25) is 9.59 Å². The highest BCUT2D eigenvalue weighted by atomic mass is 16.5. The van der Waals surface area contributed by atoms with Gasteiger partial charge in [0.1, 0.15) is 6.10 Å². The van der Waals surface area contributed by atoms with Crippen molar-refractivity contribution in [3.05, 3.63) is 11.6 Å². The Balaban J connectivity index is 1.58. The summed E-state index contributed by atoms with van der Waals surface area (Å²) in [5.74, 6) is 4.48. The average molecular weight is 457 g/mol. The predicted octanol–water partition coefficient (Wildman–Crippen LogP) is 7.53. The van der Waals surface area contributed by atoms with Gasteiger partial charge in [-0.1, -0.05) is 60.8 Å². The SMILES string of the molecule is CCC(=O)O[C@@H]1C[C@H]2[C@@H]3CC[C@H]([C@H](C)CCCC(C)C)[C@@]3(C)CC[C@@H]2[C@@]2(C)CCC(=O)C=C12. The predicted molar refractivity (Wildman–Crippen MR) is 134 cm³/mol. The molecule has 33 heavy (non-hydrogen) atoms. The summed E-state index contributed by atoms with van der Waals surface area (Å²) < 4.78 is 6.04. The van der Waals surface area contributed by atoms with Gasteiger partial charge < -0.3 is 4.74 Å². The molecule has 0 N–H and O–H groups in total. The summed E-state index contributed by atoms with van der Waals surface area (Å²) in [6.45, 7) is 14.1. The molecule has 4 aliphatic carbocycles. The minimum absolute atomic E-state index is 0.0117. The molecule has 0 heterocycles. The molecule has 4 aliphatic rings. The molecular formula is C30H48O3. The van der Waals surface area contributed by atoms with Crippen LogP contribution in [-0.2, 0) is 14.3 Å². The summed E-state index contributed by atoms with van der Waals surface area (Å²) in [4.78, 5) is 24.7. The van der Waals surface area contributed by atoms with Crippen molar-refractivity contribution in [3.63, 3.8) is 0 Å². The van der Waals surface area contributed by atoms with Crippen LogP contribution in [0.15, 0.2) is 11.6 Å². The molecule has 0 unspecified atom stereocenters. The van der Waals surface area contributed by atoms with Gasteiger partial charge in [0.15, 0.2) is 5.78 Å². The molecule has 4 rings (SSSR count). The molecular weight excluding hydrogens is 408 g/mol. The van der Waals surface area contributed by atoms with Gasteiger partial charge in [-0.25, -0.2) is 0 Å². The lowest BCUT2D eigenvalue weighted by Crippen LogP contribution is -2.54. The quantitative estimate of drug-likeness (QED) is 0.372. The fourth-order valence-corrected chi connectivity index (χ4v) is 8.96. The first-order chi connectivity index (χ1) is 15.6. The highest BCUT2D eigenvalue weighted by molar-refractivity contribution is 5.92. The number of ether oxygens (including phenoxy) is 1. The first kappa shape index (κ1) is 25.0. The average Bonchev–Trinajstić information content (AvgIpc) is 3.12. The molecule has 8 atom stereocenters. The lowest BCUT2D eigenvalue weighted by atomic mass is 9.46. The Kier molecular flexibility index (Phi) is 7.19. The summed E-state index contributed by atoms with van der Waals surface area (Å²) in [7, 11) is 0. The van der Waals surface area contributed by atoms with Gasteiger partial charge in [0.25, 0.3) is 0 Å². The van der Waals surface area contributed by atoms with Crippen LogP contribution in [-0.4, -0.2) is 17.9 Å². The van der Waals surface area contributed by atoms with Crippen molar-refractivity contribution in [2.45, 2.75) is 118 Å². The summed E-state index contributed by atoms with van der Waals surface area (Å²) in [5.41, 5.74) is 1.57. The van der Waals surface area contributed by atoms with Crippen LogP contribution in [0.2, 0.25) is 0 Å². The highest BCUT2D eigenvalue weighted by Crippen LogP contribution is 2.68. The third-order valence-electron chi connectivity index (χ3n) is 10.7. The van der Waals surface area contributed by atoms with Crippen molar-refractivity contribution in [1.29, 1.82) is 0 Å². The van der Waals surface area contributed by atoms with E-state index in [-0.39, 0.29) is 23.3 Å². The van der Waals surface area contributed by atoms with Crippen molar-refractivity contribution in [2.24, 2.45) is 46.3 Å². The van der Waals surface area contributed by atoms with E-state index in [4.69, 9.17) is 4.74 Å². The van der Waals surface area contributed by atoms with Gasteiger partial charge in [0, 0.05) is 12.8 Å². The molecule has 3 fully saturated rings. The van der Waals surface area contributed by atoms with E-state index in [0.29, 0.717) is 30.1 Å². The van der Waals surface area contributed by atoms with Crippen LogP contribution < -0.4 is 0 Å². The van der Waals surface area contributed by atoms with E-state index in [1.54, 1.807) is 0 Å². The molecule has 3 heteroatoms. The number of ketones is 1. The second-order valence-corrected chi connectivity index (χ2v) is 13.0. The van der Waals surface area contributed by atoms with Crippen LogP contribution in [0.3, 0.4) is 0 Å². The molecule has 0 spiro atoms. The molecule has 0 amide bonds. The zero-order valence-electron chi connectivity index (χ0n) is 22.1. The van der Waals surface area contributed by atoms with Gasteiger partial charge in [0.2, 0.25) is 0 Å². The minimum atomic E-state index is -0.196. The van der Waals surface area contributed by atoms with Crippen molar-refractivity contribution >= 4 is 11.8 Å². The second-order valence-electron chi connectivity index (χ2n) is 13.0. The molecule has 3 nitrogen and oxygen atoms in total. The number of carbonyl (C=O) groups is 2. The molecule has 0 aromatic carbocycles. The van der Waals surface area contributed by atoms with E-state index in [0.717, 1.165) is 42.1 Å². The number of carbonyl (C=O) groups excluding carboxylic acids is 2. The highest BCUT2D eigenvalue weighted by Gasteiger charge is 2.61. The minimum Gasteiger partial charge on any atom is -0.458 e. The molecule has 0 aliphatic heterocycles. The summed E-state index contributed by atoms with van der Waals surface area (Å²) in [5, 5.41) is 0. The van der Waals surface area contributed by atoms with Crippen LogP contribution in [0.1, 0.15) is 112 Å². The van der Waals surface area contributed by atoms with E-state index < -0.39 is 0 Å². The van der Waals surface area contributed by atoms with Gasteiger partial charge >= 0.3 is 5.97 Å². The van der Waals surface area contributed by atoms with Gasteiger partial charge in [-0.2, -0.15) is 0 Å². The molecule has 0 radical (unpaired) electrons. The van der Waals surface area contributed by atoms with E-state index in [2.05, 4.69) is 34.6 Å². The first-order valence-corrected chi connectivity index (χ1v) is 14.0. The monoisotopic (exact) mass is 456 g/mol. The van der Waals surface area contributed by atoms with Crippen LogP contribution >= 0.6 is 0 Å². The standard InChI is InChI=1S/C30H48O3/c1-7-28(32)33-27-18-22-24-12-11-23(20(4)10-8-9-19(2)3)29(24,5)16-14-25(22)30(6)15-13-21(31)17-26(27)30/h17,19-20,22-25,27H,7-16,18H2,1-6H3/t20-,22+,23-,24+,25+,27-,29-,30-/m1/s1. The largest absolute Gasteiger partial charge is 0.458 e. The number of esters is 1. The maximum Gasteiger partial charge on any atom is 0.306 e. The Morgan fingerprint density at radius 1 is 1.09 bits per heavy atom. The van der Waals surface area contributed by atoms with Crippen LogP contribution in [0.4, 0.5) is 0 Å². The zero-order valence-corrected chi connectivity index (χ0v) is 22.1. The maximum atomic E-state index is 12.4. The number of hydrogen-bond acceptors (Lipinski definition) is 3.